The van der Waals surface area contributed by atoms with Crippen LogP contribution < -0.4 is 0 Å². The van der Waals surface area contributed by atoms with Gasteiger partial charge in [0, 0.05) is 12.1 Å². The first-order valence-electron chi connectivity index (χ1n) is 10.2. The van der Waals surface area contributed by atoms with Gasteiger partial charge in [-0.15, -0.1) is 0 Å². The van der Waals surface area contributed by atoms with E-state index in [-0.39, 0.29) is 0 Å². The van der Waals surface area contributed by atoms with Crippen molar-refractivity contribution >= 4 is 0 Å². The van der Waals surface area contributed by atoms with Gasteiger partial charge in [-0.3, -0.25) is 4.90 Å². The average Bonchev–Trinajstić information content (AvgIpc) is 2.68. The molecule has 2 heteroatoms. The normalized spacial score (nSPS) is 21.7. The highest BCUT2D eigenvalue weighted by Crippen LogP contribution is 2.34. The van der Waals surface area contributed by atoms with E-state index in [1.54, 1.807) is 0 Å². The van der Waals surface area contributed by atoms with Gasteiger partial charge in [0.25, 0.3) is 0 Å². The summed E-state index contributed by atoms with van der Waals surface area (Å²) in [5.74, 6) is 0. The van der Waals surface area contributed by atoms with Crippen molar-refractivity contribution in [1.29, 1.82) is 0 Å². The maximum atomic E-state index is 11.6. The molecule has 0 amide bonds. The third-order valence-corrected chi connectivity index (χ3v) is 6.08. The monoisotopic (exact) mass is 351 g/mol. The Bertz CT molecular complexity index is 605. The van der Waals surface area contributed by atoms with Gasteiger partial charge in [-0.2, -0.15) is 0 Å². The molecule has 0 aliphatic carbocycles. The molecule has 2 aromatic rings. The highest BCUT2D eigenvalue weighted by atomic mass is 16.3. The quantitative estimate of drug-likeness (QED) is 0.679. The van der Waals surface area contributed by atoms with Crippen LogP contribution >= 0.6 is 0 Å². The van der Waals surface area contributed by atoms with Crippen molar-refractivity contribution in [2.45, 2.75) is 70.1 Å². The zero-order valence-corrected chi connectivity index (χ0v) is 16.3. The first-order chi connectivity index (χ1) is 12.6. The number of piperidine rings is 1. The maximum Gasteiger partial charge on any atom is 0.115 e. The Hall–Kier alpha value is -1.64. The number of nitrogens with zero attached hydrogens (tertiary/aromatic N) is 1. The topological polar surface area (TPSA) is 23.5 Å². The molecular weight excluding hydrogens is 318 g/mol. The van der Waals surface area contributed by atoms with Gasteiger partial charge in [0.1, 0.15) is 5.60 Å². The molecule has 2 atom stereocenters. The summed E-state index contributed by atoms with van der Waals surface area (Å²) in [6.45, 7) is 5.86. The minimum atomic E-state index is -0.901. The molecule has 1 N–H and O–H groups in total. The summed E-state index contributed by atoms with van der Waals surface area (Å²) in [7, 11) is 0. The first-order valence-corrected chi connectivity index (χ1v) is 10.2. The van der Waals surface area contributed by atoms with Gasteiger partial charge in [-0.1, -0.05) is 67.1 Å². The lowest BCUT2D eigenvalue weighted by atomic mass is 9.82. The summed E-state index contributed by atoms with van der Waals surface area (Å²) in [4.78, 5) is 2.66. The van der Waals surface area contributed by atoms with E-state index in [1.807, 2.05) is 60.7 Å². The molecule has 1 aliphatic rings. The average molecular weight is 352 g/mol. The van der Waals surface area contributed by atoms with E-state index in [0.717, 1.165) is 36.9 Å². The SMILES string of the molecule is C[C@@H]1CCC[C@H](C)N1CCCCC(O)(c1ccccc1)c1ccccc1. The summed E-state index contributed by atoms with van der Waals surface area (Å²) in [6.07, 6.45) is 6.93. The molecule has 0 spiro atoms. The van der Waals surface area contributed by atoms with Crippen LogP contribution in [-0.2, 0) is 5.60 Å². The Morgan fingerprint density at radius 3 is 1.85 bits per heavy atom. The second-order valence-electron chi connectivity index (χ2n) is 7.92. The molecule has 0 bridgehead atoms. The fourth-order valence-corrected chi connectivity index (χ4v) is 4.47. The Morgan fingerprint density at radius 2 is 1.35 bits per heavy atom. The molecule has 1 fully saturated rings. The molecule has 0 unspecified atom stereocenters. The highest BCUT2D eigenvalue weighted by Gasteiger charge is 2.31. The van der Waals surface area contributed by atoms with Crippen molar-refractivity contribution in [3.8, 4) is 0 Å². The van der Waals surface area contributed by atoms with E-state index >= 15 is 0 Å². The van der Waals surface area contributed by atoms with Gasteiger partial charge in [0.15, 0.2) is 0 Å². The highest BCUT2D eigenvalue weighted by molar-refractivity contribution is 5.35. The summed E-state index contributed by atoms with van der Waals surface area (Å²) < 4.78 is 0. The Morgan fingerprint density at radius 1 is 0.846 bits per heavy atom. The third kappa shape index (κ3) is 4.36. The molecule has 0 saturated carbocycles. The molecule has 0 aromatic heterocycles. The van der Waals surface area contributed by atoms with Crippen LogP contribution in [0.5, 0.6) is 0 Å². The van der Waals surface area contributed by atoms with Crippen LogP contribution in [0, 0.1) is 0 Å². The molecule has 26 heavy (non-hydrogen) atoms. The minimum Gasteiger partial charge on any atom is -0.380 e. The van der Waals surface area contributed by atoms with Crippen LogP contribution in [0.15, 0.2) is 60.7 Å². The van der Waals surface area contributed by atoms with Crippen molar-refractivity contribution in [3.05, 3.63) is 71.8 Å². The van der Waals surface area contributed by atoms with Crippen LogP contribution in [-0.4, -0.2) is 28.6 Å². The predicted molar refractivity (Wildman–Crippen MR) is 109 cm³/mol. The smallest absolute Gasteiger partial charge is 0.115 e. The zero-order valence-electron chi connectivity index (χ0n) is 16.3. The number of benzene rings is 2. The lowest BCUT2D eigenvalue weighted by Crippen LogP contribution is -2.44. The van der Waals surface area contributed by atoms with E-state index in [1.165, 1.54) is 19.3 Å². The number of aliphatic hydroxyl groups is 1. The van der Waals surface area contributed by atoms with E-state index in [2.05, 4.69) is 18.7 Å². The van der Waals surface area contributed by atoms with Crippen molar-refractivity contribution < 1.29 is 5.11 Å². The van der Waals surface area contributed by atoms with Gasteiger partial charge in [-0.25, -0.2) is 0 Å². The summed E-state index contributed by atoms with van der Waals surface area (Å²) >= 11 is 0. The van der Waals surface area contributed by atoms with Gasteiger partial charge in [-0.05, 0) is 63.6 Å². The van der Waals surface area contributed by atoms with Gasteiger partial charge >= 0.3 is 0 Å². The Balaban J connectivity index is 1.66. The van der Waals surface area contributed by atoms with Gasteiger partial charge in [0.05, 0.1) is 0 Å². The maximum absolute atomic E-state index is 11.6. The van der Waals surface area contributed by atoms with Gasteiger partial charge in [0.2, 0.25) is 0 Å². The molecule has 2 nitrogen and oxygen atoms in total. The molecule has 1 heterocycles. The van der Waals surface area contributed by atoms with E-state index in [9.17, 15) is 5.11 Å². The fraction of sp³-hybridized carbons (Fsp3) is 0.500. The number of likely N-dealkylation sites (tertiary alicyclic amines) is 1. The van der Waals surface area contributed by atoms with E-state index in [0.29, 0.717) is 12.1 Å². The summed E-state index contributed by atoms with van der Waals surface area (Å²) in [5, 5.41) is 11.6. The molecule has 0 radical (unpaired) electrons. The van der Waals surface area contributed by atoms with Crippen LogP contribution in [0.3, 0.4) is 0 Å². The predicted octanol–water partition coefficient (Wildman–Crippen LogP) is 5.36. The van der Waals surface area contributed by atoms with Crippen molar-refractivity contribution in [2.24, 2.45) is 0 Å². The van der Waals surface area contributed by atoms with Crippen LogP contribution in [0.2, 0.25) is 0 Å². The third-order valence-electron chi connectivity index (χ3n) is 6.08. The molecule has 140 valence electrons. The molecule has 2 aromatic carbocycles. The Labute approximate surface area is 158 Å². The second-order valence-corrected chi connectivity index (χ2v) is 7.92. The molecular formula is C24H33NO. The largest absolute Gasteiger partial charge is 0.380 e. The van der Waals surface area contributed by atoms with E-state index < -0.39 is 5.60 Å². The number of hydrogen-bond donors (Lipinski definition) is 1. The van der Waals surface area contributed by atoms with Crippen LogP contribution in [0.25, 0.3) is 0 Å². The van der Waals surface area contributed by atoms with Gasteiger partial charge < -0.3 is 5.11 Å². The number of hydrogen-bond acceptors (Lipinski definition) is 2. The fourth-order valence-electron chi connectivity index (χ4n) is 4.47. The van der Waals surface area contributed by atoms with E-state index in [4.69, 9.17) is 0 Å². The molecule has 1 saturated heterocycles. The first kappa shape index (κ1) is 19.1. The molecule has 3 rings (SSSR count). The molecule has 1 aliphatic heterocycles. The lowest BCUT2D eigenvalue weighted by Gasteiger charge is -2.39. The Kier molecular flexibility index (Phi) is 6.50. The van der Waals surface area contributed by atoms with Crippen molar-refractivity contribution in [1.82, 2.24) is 4.90 Å². The minimum absolute atomic E-state index is 0.695. The summed E-state index contributed by atoms with van der Waals surface area (Å²) in [6, 6.07) is 21.6. The number of unbranched alkanes of at least 4 members (excludes halogenated alkanes) is 1. The van der Waals surface area contributed by atoms with Crippen LogP contribution in [0.1, 0.15) is 63.5 Å². The zero-order chi connectivity index (χ0) is 18.4. The number of rotatable bonds is 7. The van der Waals surface area contributed by atoms with Crippen LogP contribution in [0.4, 0.5) is 0 Å². The second kappa shape index (κ2) is 8.83. The van der Waals surface area contributed by atoms with Crippen molar-refractivity contribution in [2.75, 3.05) is 6.54 Å². The standard InChI is InChI=1S/C24H33NO/c1-20-12-11-13-21(2)25(20)19-10-9-18-24(26,22-14-5-3-6-15-22)23-16-7-4-8-17-23/h3-8,14-17,20-21,26H,9-13,18-19H2,1-2H3/t20-,21+. The summed E-state index contributed by atoms with van der Waals surface area (Å²) in [5.41, 5.74) is 1.08. The lowest BCUT2D eigenvalue weighted by molar-refractivity contribution is 0.0623. The van der Waals surface area contributed by atoms with Crippen molar-refractivity contribution in [3.63, 3.8) is 0 Å².